The average molecular weight is 408 g/mol. The van der Waals surface area contributed by atoms with E-state index in [1.54, 1.807) is 36.4 Å². The Balaban J connectivity index is 1.96. The number of nitrogen functional groups attached to an aromatic ring is 1. The van der Waals surface area contributed by atoms with Crippen LogP contribution in [0.2, 0.25) is 0 Å². The lowest BCUT2D eigenvalue weighted by Crippen LogP contribution is -2.06. The molecule has 0 aliphatic carbocycles. The number of anilines is 1. The van der Waals surface area contributed by atoms with E-state index >= 15 is 0 Å². The van der Waals surface area contributed by atoms with Gasteiger partial charge < -0.3 is 5.73 Å². The normalized spacial score (nSPS) is 11.5. The van der Waals surface area contributed by atoms with Crippen molar-refractivity contribution in [2.24, 2.45) is 0 Å². The molecule has 8 heteroatoms. The van der Waals surface area contributed by atoms with Gasteiger partial charge >= 0.3 is 0 Å². The van der Waals surface area contributed by atoms with Crippen molar-refractivity contribution < 1.29 is 12.8 Å². The van der Waals surface area contributed by atoms with Crippen LogP contribution in [0.15, 0.2) is 82.7 Å². The molecule has 0 spiro atoms. The summed E-state index contributed by atoms with van der Waals surface area (Å²) < 4.78 is 41.5. The van der Waals surface area contributed by atoms with Crippen LogP contribution in [0.3, 0.4) is 0 Å². The fraction of sp³-hybridized carbons (Fsp3) is 0.0476. The third kappa shape index (κ3) is 3.50. The number of aryl methyl sites for hydroxylation is 1. The van der Waals surface area contributed by atoms with Crippen molar-refractivity contribution in [1.82, 2.24) is 15.0 Å². The summed E-state index contributed by atoms with van der Waals surface area (Å²) >= 11 is 0. The number of nitrogens with two attached hydrogens (primary N) is 1. The maximum absolute atomic E-state index is 13.5. The van der Waals surface area contributed by atoms with Crippen LogP contribution in [0.5, 0.6) is 0 Å². The third-order valence-electron chi connectivity index (χ3n) is 4.48. The molecule has 146 valence electrons. The fourth-order valence-electron chi connectivity index (χ4n) is 2.93. The minimum atomic E-state index is -3.95. The number of halogens is 1. The van der Waals surface area contributed by atoms with Crippen LogP contribution in [0.4, 0.5) is 10.1 Å². The molecule has 3 aromatic carbocycles. The van der Waals surface area contributed by atoms with Crippen molar-refractivity contribution in [2.45, 2.75) is 16.8 Å². The zero-order valence-electron chi connectivity index (χ0n) is 15.4. The molecular weight excluding hydrogens is 391 g/mol. The molecule has 0 aliphatic rings. The van der Waals surface area contributed by atoms with Crippen LogP contribution in [-0.4, -0.2) is 23.4 Å². The van der Waals surface area contributed by atoms with Gasteiger partial charge in [-0.2, -0.15) is 0 Å². The molecule has 4 aromatic rings. The minimum absolute atomic E-state index is 0.107. The Kier molecular flexibility index (Phi) is 4.63. The first-order valence-corrected chi connectivity index (χ1v) is 10.2. The number of aromatic nitrogens is 3. The summed E-state index contributed by atoms with van der Waals surface area (Å²) in [6.07, 6.45) is 0. The summed E-state index contributed by atoms with van der Waals surface area (Å²) in [5.41, 5.74) is 8.55. The predicted molar refractivity (Wildman–Crippen MR) is 108 cm³/mol. The zero-order valence-corrected chi connectivity index (χ0v) is 16.3. The van der Waals surface area contributed by atoms with E-state index < -0.39 is 15.7 Å². The first-order valence-electron chi connectivity index (χ1n) is 8.75. The third-order valence-corrected chi connectivity index (χ3v) is 6.16. The van der Waals surface area contributed by atoms with Gasteiger partial charge in [0.05, 0.1) is 10.6 Å². The van der Waals surface area contributed by atoms with Crippen molar-refractivity contribution in [2.75, 3.05) is 5.73 Å². The predicted octanol–water partition coefficient (Wildman–Crippen LogP) is 3.80. The van der Waals surface area contributed by atoms with E-state index in [4.69, 9.17) is 5.73 Å². The Morgan fingerprint density at radius 2 is 1.52 bits per heavy atom. The van der Waals surface area contributed by atoms with Crippen molar-refractivity contribution in [3.05, 3.63) is 84.2 Å². The van der Waals surface area contributed by atoms with Gasteiger partial charge in [-0.3, -0.25) is 0 Å². The first-order chi connectivity index (χ1) is 13.9. The van der Waals surface area contributed by atoms with Crippen LogP contribution in [0.1, 0.15) is 5.56 Å². The molecule has 0 aliphatic heterocycles. The summed E-state index contributed by atoms with van der Waals surface area (Å²) in [5.74, 6) is -0.428. The van der Waals surface area contributed by atoms with Crippen LogP contribution < -0.4 is 5.73 Å². The highest BCUT2D eigenvalue weighted by atomic mass is 32.2. The smallest absolute Gasteiger partial charge is 0.227 e. The number of rotatable bonds is 4. The molecule has 6 nitrogen and oxygen atoms in total. The monoisotopic (exact) mass is 408 g/mol. The van der Waals surface area contributed by atoms with Gasteiger partial charge in [-0.25, -0.2) is 17.5 Å². The van der Waals surface area contributed by atoms with Gasteiger partial charge in [-0.15, -0.1) is 5.10 Å². The first kappa shape index (κ1) is 18.8. The quantitative estimate of drug-likeness (QED) is 0.519. The van der Waals surface area contributed by atoms with Gasteiger partial charge in [0, 0.05) is 11.3 Å². The van der Waals surface area contributed by atoms with E-state index in [1.165, 1.54) is 41.1 Å². The molecular formula is C21H17FN4O2S. The fourth-order valence-corrected chi connectivity index (χ4v) is 4.25. The molecule has 0 fully saturated rings. The molecule has 29 heavy (non-hydrogen) atoms. The highest BCUT2D eigenvalue weighted by Gasteiger charge is 2.29. The van der Waals surface area contributed by atoms with Gasteiger partial charge in [-0.05, 0) is 67.6 Å². The molecule has 0 saturated carbocycles. The number of hydrogen-bond donors (Lipinski definition) is 1. The Hall–Kier alpha value is -3.52. The number of sulfone groups is 1. The molecule has 0 unspecified atom stereocenters. The van der Waals surface area contributed by atoms with E-state index in [0.29, 0.717) is 16.9 Å². The summed E-state index contributed by atoms with van der Waals surface area (Å²) in [6.45, 7) is 1.87. The second-order valence-electron chi connectivity index (χ2n) is 6.57. The highest BCUT2D eigenvalue weighted by molar-refractivity contribution is 7.91. The maximum atomic E-state index is 13.5. The molecule has 0 bridgehead atoms. The van der Waals surface area contributed by atoms with Gasteiger partial charge in [0.15, 0.2) is 0 Å². The number of hydrogen-bond acceptors (Lipinski definition) is 5. The Morgan fingerprint density at radius 3 is 2.14 bits per heavy atom. The molecule has 2 N–H and O–H groups in total. The highest BCUT2D eigenvalue weighted by Crippen LogP contribution is 2.32. The summed E-state index contributed by atoms with van der Waals surface area (Å²) in [6, 6.07) is 18.8. The molecule has 1 heterocycles. The summed E-state index contributed by atoms with van der Waals surface area (Å²) in [5, 5.41) is 7.86. The molecule has 0 atom stereocenters. The van der Waals surface area contributed by atoms with E-state index in [9.17, 15) is 12.8 Å². The second-order valence-corrected chi connectivity index (χ2v) is 8.43. The van der Waals surface area contributed by atoms with E-state index in [-0.39, 0.29) is 15.6 Å². The second kappa shape index (κ2) is 7.14. The Bertz CT molecular complexity index is 1260. The molecule has 1 aromatic heterocycles. The van der Waals surface area contributed by atoms with Crippen molar-refractivity contribution in [3.8, 4) is 16.9 Å². The zero-order chi connectivity index (χ0) is 20.6. The lowest BCUT2D eigenvalue weighted by Gasteiger charge is -2.09. The maximum Gasteiger partial charge on any atom is 0.227 e. The van der Waals surface area contributed by atoms with Crippen molar-refractivity contribution in [1.29, 1.82) is 0 Å². The van der Waals surface area contributed by atoms with Crippen molar-refractivity contribution >= 4 is 15.5 Å². The SMILES string of the molecule is Cc1ccc(S(=O)(=O)c2nnn(-c3ccc(N)cc3)c2-c2ccc(F)cc2)cc1. The van der Waals surface area contributed by atoms with E-state index in [1.807, 2.05) is 6.92 Å². The van der Waals surface area contributed by atoms with Crippen LogP contribution >= 0.6 is 0 Å². The number of nitrogens with zero attached hydrogens (tertiary/aromatic N) is 3. The number of benzene rings is 3. The Labute approximate surface area is 167 Å². The lowest BCUT2D eigenvalue weighted by molar-refractivity contribution is 0.592. The van der Waals surface area contributed by atoms with Crippen LogP contribution in [0.25, 0.3) is 16.9 Å². The Morgan fingerprint density at radius 1 is 0.897 bits per heavy atom. The van der Waals surface area contributed by atoms with Crippen LogP contribution in [0, 0.1) is 12.7 Å². The molecule has 0 amide bonds. The molecule has 0 saturated heterocycles. The van der Waals surface area contributed by atoms with Gasteiger partial charge in [0.1, 0.15) is 11.5 Å². The summed E-state index contributed by atoms with van der Waals surface area (Å²) in [7, 11) is -3.95. The minimum Gasteiger partial charge on any atom is -0.399 e. The standard InChI is InChI=1S/C21H17FN4O2S/c1-14-2-12-19(13-3-14)29(27,28)21-20(15-4-6-16(22)7-5-15)26(25-24-21)18-10-8-17(23)9-11-18/h2-13H,23H2,1H3. The average Bonchev–Trinajstić information content (AvgIpc) is 3.15. The van der Waals surface area contributed by atoms with Crippen molar-refractivity contribution in [3.63, 3.8) is 0 Å². The lowest BCUT2D eigenvalue weighted by atomic mass is 10.1. The molecule has 0 radical (unpaired) electrons. The van der Waals surface area contributed by atoms with E-state index in [2.05, 4.69) is 10.3 Å². The summed E-state index contributed by atoms with van der Waals surface area (Å²) in [4.78, 5) is 0.107. The van der Waals surface area contributed by atoms with Gasteiger partial charge in [-0.1, -0.05) is 22.9 Å². The van der Waals surface area contributed by atoms with Gasteiger partial charge in [0.2, 0.25) is 14.9 Å². The largest absolute Gasteiger partial charge is 0.399 e. The molecule has 4 rings (SSSR count). The van der Waals surface area contributed by atoms with Crippen LogP contribution in [-0.2, 0) is 9.84 Å². The topological polar surface area (TPSA) is 90.9 Å². The van der Waals surface area contributed by atoms with Gasteiger partial charge in [0.25, 0.3) is 0 Å². The van der Waals surface area contributed by atoms with E-state index in [0.717, 1.165) is 5.56 Å².